The normalized spacial score (nSPS) is 12.4. The van der Waals surface area contributed by atoms with Gasteiger partial charge in [0.15, 0.2) is 0 Å². The van der Waals surface area contributed by atoms with E-state index in [4.69, 9.17) is 21.4 Å². The Hall–Kier alpha value is -1.15. The highest BCUT2D eigenvalue weighted by molar-refractivity contribution is 7.89. The zero-order valence-electron chi connectivity index (χ0n) is 12.0. The molecule has 0 atom stereocenters. The summed E-state index contributed by atoms with van der Waals surface area (Å²) in [5.41, 5.74) is -0.923. The lowest BCUT2D eigenvalue weighted by Gasteiger charge is -2.24. The third-order valence-corrected chi connectivity index (χ3v) is 4.43. The number of aromatic carboxylic acids is 1. The maximum Gasteiger partial charge on any atom is 0.337 e. The van der Waals surface area contributed by atoms with E-state index in [-0.39, 0.29) is 22.0 Å². The summed E-state index contributed by atoms with van der Waals surface area (Å²) in [6.07, 6.45) is 0. The highest BCUT2D eigenvalue weighted by atomic mass is 35.5. The fraction of sp³-hybridized carbons (Fsp3) is 0.462. The molecule has 0 bridgehead atoms. The Morgan fingerprint density at radius 3 is 2.57 bits per heavy atom. The van der Waals surface area contributed by atoms with Gasteiger partial charge in [-0.2, -0.15) is 0 Å². The Bertz CT molecular complexity index is 627. The topological polar surface area (TPSA) is 92.7 Å². The van der Waals surface area contributed by atoms with E-state index in [1.54, 1.807) is 13.8 Å². The summed E-state index contributed by atoms with van der Waals surface area (Å²) < 4.78 is 32.1. The fourth-order valence-corrected chi connectivity index (χ4v) is 3.05. The number of hydrogen-bond donors (Lipinski definition) is 2. The number of carboxylic acids is 1. The second kappa shape index (κ2) is 6.74. The van der Waals surface area contributed by atoms with Gasteiger partial charge in [0, 0.05) is 13.2 Å². The van der Waals surface area contributed by atoms with Crippen LogP contribution in [0.3, 0.4) is 0 Å². The van der Waals surface area contributed by atoms with Crippen molar-refractivity contribution in [1.82, 2.24) is 4.72 Å². The minimum absolute atomic E-state index is 0.0175. The molecule has 8 heteroatoms. The van der Waals surface area contributed by atoms with Gasteiger partial charge < -0.3 is 9.84 Å². The number of nitrogens with one attached hydrogen (secondary N) is 1. The van der Waals surface area contributed by atoms with Crippen molar-refractivity contribution in [3.8, 4) is 0 Å². The molecule has 2 N–H and O–H groups in total. The highest BCUT2D eigenvalue weighted by Crippen LogP contribution is 2.21. The molecule has 0 aliphatic rings. The molecule has 0 saturated carbocycles. The predicted octanol–water partition coefficient (Wildman–Crippen LogP) is 2.13. The lowest BCUT2D eigenvalue weighted by Crippen LogP contribution is -2.40. The van der Waals surface area contributed by atoms with Crippen molar-refractivity contribution in [2.45, 2.75) is 31.3 Å². The third-order valence-electron chi connectivity index (χ3n) is 2.70. The van der Waals surface area contributed by atoms with Crippen molar-refractivity contribution in [2.75, 3.05) is 13.2 Å². The van der Waals surface area contributed by atoms with E-state index in [1.807, 2.05) is 6.92 Å². The van der Waals surface area contributed by atoms with Crippen LogP contribution in [-0.4, -0.2) is 38.2 Å². The standard InChI is InChI=1S/C13H18ClNO5S/c1-4-20-13(2,3)8-15-21(18,19)9-5-6-11(14)10(7-9)12(16)17/h5-7,15H,4,8H2,1-3H3,(H,16,17). The summed E-state index contributed by atoms with van der Waals surface area (Å²) >= 11 is 5.72. The molecule has 0 aliphatic heterocycles. The van der Waals surface area contributed by atoms with Crippen molar-refractivity contribution in [1.29, 1.82) is 0 Å². The Labute approximate surface area is 129 Å². The number of hydrogen-bond acceptors (Lipinski definition) is 4. The molecule has 1 aromatic rings. The highest BCUT2D eigenvalue weighted by Gasteiger charge is 2.23. The summed E-state index contributed by atoms with van der Waals surface area (Å²) in [5, 5.41) is 8.95. The Morgan fingerprint density at radius 1 is 1.43 bits per heavy atom. The number of rotatable bonds is 7. The molecule has 0 saturated heterocycles. The molecule has 0 spiro atoms. The first-order valence-electron chi connectivity index (χ1n) is 6.25. The average molecular weight is 336 g/mol. The Kier molecular flexibility index (Phi) is 5.75. The average Bonchev–Trinajstić information content (AvgIpc) is 2.36. The first-order valence-corrected chi connectivity index (χ1v) is 8.11. The number of halogens is 1. The second-order valence-corrected chi connectivity index (χ2v) is 7.14. The van der Waals surface area contributed by atoms with Crippen LogP contribution in [0, 0.1) is 0 Å². The number of carbonyl (C=O) groups is 1. The zero-order chi connectivity index (χ0) is 16.3. The molecule has 0 unspecified atom stereocenters. The van der Waals surface area contributed by atoms with Crippen LogP contribution >= 0.6 is 11.6 Å². The van der Waals surface area contributed by atoms with E-state index in [1.165, 1.54) is 12.1 Å². The number of carboxylic acid groups (broad SMARTS) is 1. The van der Waals surface area contributed by atoms with Gasteiger partial charge in [-0.25, -0.2) is 17.9 Å². The number of benzene rings is 1. The van der Waals surface area contributed by atoms with Gasteiger partial charge in [0.05, 0.1) is 21.1 Å². The molecule has 0 heterocycles. The maximum atomic E-state index is 12.2. The molecule has 118 valence electrons. The van der Waals surface area contributed by atoms with Crippen LogP contribution < -0.4 is 4.72 Å². The number of ether oxygens (including phenoxy) is 1. The molecule has 0 radical (unpaired) electrons. The predicted molar refractivity (Wildman–Crippen MR) is 79.3 cm³/mol. The van der Waals surface area contributed by atoms with E-state index in [2.05, 4.69) is 4.72 Å². The molecule has 0 aliphatic carbocycles. The van der Waals surface area contributed by atoms with E-state index in [0.717, 1.165) is 6.07 Å². The largest absolute Gasteiger partial charge is 0.478 e. The summed E-state index contributed by atoms with van der Waals surface area (Å²) in [6.45, 7) is 5.84. The van der Waals surface area contributed by atoms with Gasteiger partial charge in [-0.3, -0.25) is 0 Å². The summed E-state index contributed by atoms with van der Waals surface area (Å²) in [4.78, 5) is 10.8. The van der Waals surface area contributed by atoms with Gasteiger partial charge in [0.2, 0.25) is 10.0 Å². The Balaban J connectivity index is 2.99. The van der Waals surface area contributed by atoms with E-state index in [0.29, 0.717) is 6.61 Å². The van der Waals surface area contributed by atoms with Gasteiger partial charge in [-0.1, -0.05) is 11.6 Å². The minimum Gasteiger partial charge on any atom is -0.478 e. The quantitative estimate of drug-likeness (QED) is 0.796. The number of sulfonamides is 1. The van der Waals surface area contributed by atoms with E-state index < -0.39 is 21.6 Å². The fourth-order valence-electron chi connectivity index (χ4n) is 1.63. The van der Waals surface area contributed by atoms with Crippen LogP contribution in [0.5, 0.6) is 0 Å². The van der Waals surface area contributed by atoms with Crippen LogP contribution in [0.1, 0.15) is 31.1 Å². The molecule has 1 aromatic carbocycles. The van der Waals surface area contributed by atoms with Crippen LogP contribution in [0.2, 0.25) is 5.02 Å². The molecule has 0 amide bonds. The smallest absolute Gasteiger partial charge is 0.337 e. The van der Waals surface area contributed by atoms with Gasteiger partial charge in [-0.15, -0.1) is 0 Å². The van der Waals surface area contributed by atoms with E-state index >= 15 is 0 Å². The maximum absolute atomic E-state index is 12.2. The van der Waals surface area contributed by atoms with Gasteiger partial charge >= 0.3 is 5.97 Å². The SMILES string of the molecule is CCOC(C)(C)CNS(=O)(=O)c1ccc(Cl)c(C(=O)O)c1. The first kappa shape index (κ1) is 17.9. The third kappa shape index (κ3) is 4.96. The van der Waals surface area contributed by atoms with Crippen molar-refractivity contribution in [3.63, 3.8) is 0 Å². The van der Waals surface area contributed by atoms with Crippen LogP contribution in [0.15, 0.2) is 23.1 Å². The van der Waals surface area contributed by atoms with Crippen LogP contribution in [0.25, 0.3) is 0 Å². The Morgan fingerprint density at radius 2 is 2.05 bits per heavy atom. The first-order chi connectivity index (χ1) is 9.59. The van der Waals surface area contributed by atoms with E-state index in [9.17, 15) is 13.2 Å². The molecular weight excluding hydrogens is 318 g/mol. The van der Waals surface area contributed by atoms with Gasteiger partial charge in [-0.05, 0) is 39.0 Å². The van der Waals surface area contributed by atoms with Gasteiger partial charge in [0.1, 0.15) is 0 Å². The second-order valence-electron chi connectivity index (χ2n) is 4.96. The monoisotopic (exact) mass is 335 g/mol. The van der Waals surface area contributed by atoms with Crippen molar-refractivity contribution in [3.05, 3.63) is 28.8 Å². The zero-order valence-corrected chi connectivity index (χ0v) is 13.6. The lowest BCUT2D eigenvalue weighted by molar-refractivity contribution is -0.00515. The van der Waals surface area contributed by atoms with Crippen molar-refractivity contribution in [2.24, 2.45) is 0 Å². The van der Waals surface area contributed by atoms with Crippen LogP contribution in [0.4, 0.5) is 0 Å². The molecule has 21 heavy (non-hydrogen) atoms. The minimum atomic E-state index is -3.84. The van der Waals surface area contributed by atoms with Crippen molar-refractivity contribution >= 4 is 27.6 Å². The summed E-state index contributed by atoms with van der Waals surface area (Å²) in [6, 6.07) is 3.53. The lowest BCUT2D eigenvalue weighted by atomic mass is 10.1. The van der Waals surface area contributed by atoms with Crippen molar-refractivity contribution < 1.29 is 23.1 Å². The molecule has 6 nitrogen and oxygen atoms in total. The van der Waals surface area contributed by atoms with Gasteiger partial charge in [0.25, 0.3) is 0 Å². The van der Waals surface area contributed by atoms with Crippen LogP contribution in [-0.2, 0) is 14.8 Å². The molecule has 0 aromatic heterocycles. The summed E-state index contributed by atoms with van der Waals surface area (Å²) in [7, 11) is -3.84. The molecule has 1 rings (SSSR count). The molecule has 0 fully saturated rings. The molecular formula is C13H18ClNO5S. The summed E-state index contributed by atoms with van der Waals surface area (Å²) in [5.74, 6) is -1.29.